The summed E-state index contributed by atoms with van der Waals surface area (Å²) in [5, 5.41) is 24.4. The van der Waals surface area contributed by atoms with E-state index < -0.39 is 74.8 Å². The number of nitrogens with two attached hydrogens (primary N) is 1. The average Bonchev–Trinajstić information content (AvgIpc) is 3.99. The van der Waals surface area contributed by atoms with Crippen molar-refractivity contribution in [3.05, 3.63) is 96.1 Å². The lowest BCUT2D eigenvalue weighted by atomic mass is 10.1. The Morgan fingerprint density at radius 2 is 1.65 bits per heavy atom. The molecule has 296 valence electrons. The largest absolute Gasteiger partial charge is 0.453 e. The minimum atomic E-state index is -4.15. The lowest BCUT2D eigenvalue weighted by Crippen LogP contribution is -2.38. The molecule has 20 nitrogen and oxygen atoms in total. The van der Waals surface area contributed by atoms with Crippen LogP contribution in [0.3, 0.4) is 0 Å². The smallest absolute Gasteiger partial charge is 0.338 e. The Hall–Kier alpha value is -5.06. The number of aromatic nitrogens is 8. The van der Waals surface area contributed by atoms with Gasteiger partial charge in [-0.3, -0.25) is 13.9 Å². The maximum absolute atomic E-state index is 13.2. The molecule has 1 amide bonds. The number of fused-ring (bicyclic) bond motifs is 2. The number of amides is 1. The summed E-state index contributed by atoms with van der Waals surface area (Å²) in [5.74, 6) is -1.03. The van der Waals surface area contributed by atoms with Crippen LogP contribution in [0, 0.1) is 0 Å². The van der Waals surface area contributed by atoms with E-state index in [4.69, 9.17) is 52.4 Å². The van der Waals surface area contributed by atoms with E-state index in [9.17, 15) is 24.7 Å². The molecule has 0 aliphatic carbocycles. The van der Waals surface area contributed by atoms with Crippen LogP contribution in [0.25, 0.3) is 22.3 Å². The molecule has 2 aromatic carbocycles. The van der Waals surface area contributed by atoms with Crippen molar-refractivity contribution in [2.75, 3.05) is 24.3 Å². The first-order valence-corrected chi connectivity index (χ1v) is 20.2. The van der Waals surface area contributed by atoms with Crippen LogP contribution < -0.4 is 11.1 Å². The molecule has 6 aromatic rings. The summed E-state index contributed by atoms with van der Waals surface area (Å²) in [5.41, 5.74) is 7.47. The fourth-order valence-corrected chi connectivity index (χ4v) is 8.18. The van der Waals surface area contributed by atoms with Crippen molar-refractivity contribution in [1.82, 2.24) is 39.0 Å². The van der Waals surface area contributed by atoms with E-state index in [1.165, 1.54) is 40.2 Å². The number of carbonyl (C=O) groups is 2. The Bertz CT molecular complexity index is 2480. The lowest BCUT2D eigenvalue weighted by Gasteiger charge is -2.25. The van der Waals surface area contributed by atoms with Crippen LogP contribution in [-0.2, 0) is 35.1 Å². The number of hydrogen-bond acceptors (Lipinski definition) is 17. The van der Waals surface area contributed by atoms with Crippen molar-refractivity contribution >= 4 is 76.0 Å². The number of ether oxygens (including phenoxy) is 3. The number of nitrogen functional groups attached to an aromatic ring is 1. The zero-order chi connectivity index (χ0) is 39.8. The number of rotatable bonds is 12. The molecule has 4 aromatic heterocycles. The zero-order valence-electron chi connectivity index (χ0n) is 29.3. The first-order valence-electron chi connectivity index (χ1n) is 17.2. The normalized spacial score (nSPS) is 24.5. The standard InChI is InChI=1S/C34H32ClN10O10PS/c35-34-41-27(36)23-30(43-34)44(15-39-23)22-11-19(20(12-46)52-22)55-56(50,57)51-13-21-26(54-33(49)18-9-5-2-6-10-18)25(47)32(53-21)45-16-40-24-28(37-14-38-29(24)45)42-31(48)17-7-3-1-4-8-17/h1-10,14-16,19-22,25-26,32,46-47H,11-13H2,(H,50,57)(H2,36,41,43)(H,37,38,42,48)/t19-,20-,21-,22-,25?,26+,32-,56?/m1/s1. The van der Waals surface area contributed by atoms with Crippen molar-refractivity contribution in [3.8, 4) is 0 Å². The molecule has 0 saturated carbocycles. The van der Waals surface area contributed by atoms with E-state index in [1.807, 2.05) is 0 Å². The highest BCUT2D eigenvalue weighted by molar-refractivity contribution is 8.07. The summed E-state index contributed by atoms with van der Waals surface area (Å²) >= 11 is 11.4. The second-order valence-corrected chi connectivity index (χ2v) is 15.9. The third-order valence-corrected chi connectivity index (χ3v) is 11.0. The number of imidazole rings is 2. The first-order chi connectivity index (χ1) is 27.5. The summed E-state index contributed by atoms with van der Waals surface area (Å²) in [4.78, 5) is 62.6. The van der Waals surface area contributed by atoms with Crippen molar-refractivity contribution in [3.63, 3.8) is 0 Å². The summed E-state index contributed by atoms with van der Waals surface area (Å²) in [6.45, 7) is -5.17. The summed E-state index contributed by atoms with van der Waals surface area (Å²) in [7, 11) is 0. The number of carbonyl (C=O) groups excluding carboxylic acids is 2. The van der Waals surface area contributed by atoms with Gasteiger partial charge in [-0.25, -0.2) is 24.7 Å². The van der Waals surface area contributed by atoms with Gasteiger partial charge in [-0.05, 0) is 47.7 Å². The maximum atomic E-state index is 13.2. The molecule has 0 radical (unpaired) electrons. The Kier molecular flexibility index (Phi) is 10.9. The van der Waals surface area contributed by atoms with Crippen molar-refractivity contribution in [2.24, 2.45) is 0 Å². The number of benzene rings is 2. The van der Waals surface area contributed by atoms with Crippen molar-refractivity contribution in [2.45, 2.75) is 49.4 Å². The van der Waals surface area contributed by atoms with Crippen molar-refractivity contribution in [1.29, 1.82) is 0 Å². The molecule has 2 aliphatic rings. The first kappa shape index (κ1) is 38.8. The molecule has 57 heavy (non-hydrogen) atoms. The predicted octanol–water partition coefficient (Wildman–Crippen LogP) is 2.54. The molecule has 8 rings (SSSR count). The Morgan fingerprint density at radius 1 is 0.947 bits per heavy atom. The Morgan fingerprint density at radius 3 is 2.39 bits per heavy atom. The summed E-state index contributed by atoms with van der Waals surface area (Å²) in [6.07, 6.45) is -4.05. The second-order valence-electron chi connectivity index (χ2n) is 12.8. The van der Waals surface area contributed by atoms with Crippen LogP contribution in [0.15, 0.2) is 79.6 Å². The molecule has 6 heterocycles. The topological polar surface area (TPSA) is 266 Å². The number of nitrogens with one attached hydrogen (secondary N) is 1. The van der Waals surface area contributed by atoms with Gasteiger partial charge in [0.25, 0.3) is 5.91 Å². The van der Waals surface area contributed by atoms with Crippen LogP contribution in [0.5, 0.6) is 0 Å². The molecule has 2 fully saturated rings. The monoisotopic (exact) mass is 838 g/mol. The molecule has 0 spiro atoms. The molecule has 6 N–H and O–H groups in total. The molecule has 2 unspecified atom stereocenters. The van der Waals surface area contributed by atoms with Crippen LogP contribution in [-0.4, -0.2) is 110 Å². The molecule has 2 saturated heterocycles. The minimum absolute atomic E-state index is 0.0633. The third kappa shape index (κ3) is 7.94. The summed E-state index contributed by atoms with van der Waals surface area (Å²) in [6, 6.07) is 16.6. The van der Waals surface area contributed by atoms with E-state index in [2.05, 4.69) is 35.2 Å². The highest BCUT2D eigenvalue weighted by Gasteiger charge is 2.49. The highest BCUT2D eigenvalue weighted by atomic mass is 35.5. The number of halogens is 1. The fraction of sp³-hybridized carbons (Fsp3) is 0.294. The summed E-state index contributed by atoms with van der Waals surface area (Å²) < 4.78 is 32.5. The van der Waals surface area contributed by atoms with E-state index in [-0.39, 0.29) is 51.2 Å². The number of nitrogens with zero attached hydrogens (tertiary/aromatic N) is 8. The predicted molar refractivity (Wildman–Crippen MR) is 203 cm³/mol. The number of aliphatic hydroxyl groups excluding tert-OH is 2. The lowest BCUT2D eigenvalue weighted by molar-refractivity contribution is -0.0561. The molecule has 23 heteroatoms. The van der Waals surface area contributed by atoms with E-state index in [1.54, 1.807) is 48.5 Å². The average molecular weight is 839 g/mol. The fourth-order valence-electron chi connectivity index (χ4n) is 6.53. The quantitative estimate of drug-likeness (QED) is 0.0673. The SMILES string of the molecule is Nc1nc(Cl)nc2c1ncn2[C@H]1C[C@@H](OP(O)(=S)OC[C@H]2O[C@@H](n3cnc4c(NC(=O)c5ccccc5)ncnc43)C(O)[C@H]2OC(=O)c2ccccc2)[C@@H](CO)O1. The number of hydrogen-bond donors (Lipinski definition) is 5. The molecule has 2 aliphatic heterocycles. The van der Waals surface area contributed by atoms with Crippen LogP contribution in [0.1, 0.15) is 39.6 Å². The molecule has 0 bridgehead atoms. The number of aliphatic hydroxyl groups is 2. The second kappa shape index (κ2) is 16.1. The van der Waals surface area contributed by atoms with Gasteiger partial charge in [-0.15, -0.1) is 0 Å². The highest BCUT2D eigenvalue weighted by Crippen LogP contribution is 2.50. The van der Waals surface area contributed by atoms with Crippen molar-refractivity contribution < 1.29 is 48.0 Å². The Balaban J connectivity index is 1.00. The van der Waals surface area contributed by atoms with Gasteiger partial charge >= 0.3 is 12.7 Å². The van der Waals surface area contributed by atoms with Gasteiger partial charge in [0, 0.05) is 12.0 Å². The number of esters is 1. The van der Waals surface area contributed by atoms with E-state index in [0.29, 0.717) is 5.56 Å². The van der Waals surface area contributed by atoms with Crippen LogP contribution in [0.2, 0.25) is 5.28 Å². The minimum Gasteiger partial charge on any atom is -0.453 e. The van der Waals surface area contributed by atoms with E-state index in [0.717, 1.165) is 0 Å². The van der Waals surface area contributed by atoms with Crippen LogP contribution >= 0.6 is 18.3 Å². The third-order valence-electron chi connectivity index (χ3n) is 9.23. The van der Waals surface area contributed by atoms with Gasteiger partial charge < -0.3 is 49.4 Å². The van der Waals surface area contributed by atoms with Gasteiger partial charge in [-0.1, -0.05) is 36.4 Å². The maximum Gasteiger partial charge on any atom is 0.338 e. The van der Waals surface area contributed by atoms with Gasteiger partial charge in [0.2, 0.25) is 5.28 Å². The molecular formula is C34H32ClN10O10PS. The zero-order valence-corrected chi connectivity index (χ0v) is 31.7. The molecule has 8 atom stereocenters. The Labute approximate surface area is 331 Å². The van der Waals surface area contributed by atoms with Gasteiger partial charge in [-0.2, -0.15) is 9.97 Å². The van der Waals surface area contributed by atoms with Gasteiger partial charge in [0.05, 0.1) is 37.5 Å². The van der Waals surface area contributed by atoms with Gasteiger partial charge in [0.15, 0.2) is 40.8 Å². The van der Waals surface area contributed by atoms with Crippen LogP contribution in [0.4, 0.5) is 11.6 Å². The molecular weight excluding hydrogens is 807 g/mol. The van der Waals surface area contributed by atoms with Gasteiger partial charge in [0.1, 0.15) is 36.4 Å². The van der Waals surface area contributed by atoms with E-state index >= 15 is 0 Å². The number of anilines is 2.